The zero-order chi connectivity index (χ0) is 24.2. The van der Waals surface area contributed by atoms with E-state index < -0.39 is 0 Å². The summed E-state index contributed by atoms with van der Waals surface area (Å²) < 4.78 is 3.43. The number of fused-ring (bicyclic) bond motifs is 3. The van der Waals surface area contributed by atoms with E-state index in [0.717, 1.165) is 21.2 Å². The van der Waals surface area contributed by atoms with Gasteiger partial charge in [0.25, 0.3) is 5.56 Å². The molecule has 3 aromatic carbocycles. The third kappa shape index (κ3) is 5.31. The molecule has 0 aliphatic carbocycles. The summed E-state index contributed by atoms with van der Waals surface area (Å²) in [6, 6.07) is 26.1. The molecule has 0 saturated heterocycles. The summed E-state index contributed by atoms with van der Waals surface area (Å²) in [5, 5.41) is 4.52. The lowest BCUT2D eigenvalue weighted by Crippen LogP contribution is -2.27. The van der Waals surface area contributed by atoms with Gasteiger partial charge in [-0.25, -0.2) is 4.98 Å². The van der Waals surface area contributed by atoms with Gasteiger partial charge in [0.2, 0.25) is 5.91 Å². The summed E-state index contributed by atoms with van der Waals surface area (Å²) in [4.78, 5) is 31.0. The quantitative estimate of drug-likeness (QED) is 0.224. The molecule has 176 valence electrons. The second-order valence-electron chi connectivity index (χ2n) is 8.41. The van der Waals surface area contributed by atoms with Crippen molar-refractivity contribution in [3.63, 3.8) is 0 Å². The number of amides is 1. The molecule has 2 heterocycles. The maximum absolute atomic E-state index is 13.5. The lowest BCUT2D eigenvalue weighted by Gasteiger charge is -2.12. The highest BCUT2D eigenvalue weighted by Gasteiger charge is 2.17. The lowest BCUT2D eigenvalue weighted by atomic mass is 10.1. The highest BCUT2D eigenvalue weighted by atomic mass is 32.2. The van der Waals surface area contributed by atoms with Crippen LogP contribution in [0.5, 0.6) is 0 Å². The van der Waals surface area contributed by atoms with Gasteiger partial charge in [0.05, 0.1) is 11.3 Å². The van der Waals surface area contributed by atoms with Gasteiger partial charge in [0.15, 0.2) is 5.16 Å². The van der Waals surface area contributed by atoms with E-state index in [4.69, 9.17) is 4.98 Å². The molecule has 5 rings (SSSR count). The largest absolute Gasteiger partial charge is 0.351 e. The van der Waals surface area contributed by atoms with Crippen molar-refractivity contribution in [3.8, 4) is 0 Å². The van der Waals surface area contributed by atoms with Crippen LogP contribution in [0.4, 0.5) is 0 Å². The van der Waals surface area contributed by atoms with Crippen molar-refractivity contribution in [2.45, 2.75) is 31.6 Å². The minimum absolute atomic E-state index is 0.0466. The molecule has 5 nitrogen and oxygen atoms in total. The number of thiophene rings is 1. The first-order valence-electron chi connectivity index (χ1n) is 11.5. The van der Waals surface area contributed by atoms with Gasteiger partial charge in [-0.15, -0.1) is 11.3 Å². The van der Waals surface area contributed by atoms with Gasteiger partial charge >= 0.3 is 0 Å². The number of thioether (sulfide) groups is 1. The van der Waals surface area contributed by atoms with E-state index in [-0.39, 0.29) is 17.2 Å². The Morgan fingerprint density at radius 1 is 0.971 bits per heavy atom. The first-order valence-corrected chi connectivity index (χ1v) is 13.3. The van der Waals surface area contributed by atoms with Gasteiger partial charge in [-0.2, -0.15) is 0 Å². The minimum Gasteiger partial charge on any atom is -0.351 e. The molecule has 0 aliphatic rings. The number of carbonyl (C=O) groups is 1. The van der Waals surface area contributed by atoms with E-state index >= 15 is 0 Å². The third-order valence-electron chi connectivity index (χ3n) is 5.86. The van der Waals surface area contributed by atoms with Crippen molar-refractivity contribution >= 4 is 49.3 Å². The first kappa shape index (κ1) is 23.3. The molecule has 0 unspecified atom stereocenters. The molecule has 0 saturated carbocycles. The molecule has 1 N–H and O–H groups in total. The fraction of sp³-hybridized carbons (Fsp3) is 0.179. The van der Waals surface area contributed by atoms with Crippen molar-refractivity contribution in [1.29, 1.82) is 0 Å². The number of hydrogen-bond acceptors (Lipinski definition) is 5. The van der Waals surface area contributed by atoms with Gasteiger partial charge in [-0.05, 0) is 30.5 Å². The minimum atomic E-state index is -0.0882. The third-order valence-corrected chi connectivity index (χ3v) is 7.98. The van der Waals surface area contributed by atoms with Crippen LogP contribution in [0.15, 0.2) is 88.8 Å². The van der Waals surface area contributed by atoms with Crippen molar-refractivity contribution < 1.29 is 4.79 Å². The molecule has 0 bridgehead atoms. The summed E-state index contributed by atoms with van der Waals surface area (Å²) in [6.07, 6.45) is 0.714. The monoisotopic (exact) mass is 499 g/mol. The average molecular weight is 500 g/mol. The maximum Gasteiger partial charge on any atom is 0.272 e. The molecule has 0 atom stereocenters. The van der Waals surface area contributed by atoms with Crippen molar-refractivity contribution in [2.75, 3.05) is 5.75 Å². The summed E-state index contributed by atoms with van der Waals surface area (Å²) >= 11 is 2.79. The standard InChI is InChI=1S/C28H25N3O2S2/c1-19-11-13-21(14-12-19)17-29-24(32)18-34-28-30-25-22-9-5-6-10-23(22)35-26(25)27(33)31(28)16-15-20-7-3-2-4-8-20/h2-14H,15-18H2,1H3,(H,29,32). The van der Waals surface area contributed by atoms with Crippen molar-refractivity contribution in [1.82, 2.24) is 14.9 Å². The highest BCUT2D eigenvalue weighted by molar-refractivity contribution is 7.99. The van der Waals surface area contributed by atoms with Gasteiger partial charge in [0, 0.05) is 23.2 Å². The summed E-state index contributed by atoms with van der Waals surface area (Å²) in [5.74, 6) is 0.103. The zero-order valence-electron chi connectivity index (χ0n) is 19.4. The van der Waals surface area contributed by atoms with Gasteiger partial charge in [-0.1, -0.05) is 90.1 Å². The number of nitrogens with one attached hydrogen (secondary N) is 1. The van der Waals surface area contributed by atoms with Crippen molar-refractivity contribution in [3.05, 3.63) is 106 Å². The van der Waals surface area contributed by atoms with Crippen LogP contribution < -0.4 is 10.9 Å². The number of benzene rings is 3. The SMILES string of the molecule is Cc1ccc(CNC(=O)CSc2nc3c(sc4ccccc43)c(=O)n2CCc2ccccc2)cc1. The Balaban J connectivity index is 1.40. The van der Waals surface area contributed by atoms with E-state index in [2.05, 4.69) is 17.4 Å². The van der Waals surface area contributed by atoms with Crippen LogP contribution in [0.25, 0.3) is 20.3 Å². The van der Waals surface area contributed by atoms with Crippen LogP contribution in [0.1, 0.15) is 16.7 Å². The van der Waals surface area contributed by atoms with Crippen LogP contribution in [-0.2, 0) is 24.3 Å². The molecule has 0 radical (unpaired) electrons. The lowest BCUT2D eigenvalue weighted by molar-refractivity contribution is -0.118. The highest BCUT2D eigenvalue weighted by Crippen LogP contribution is 2.31. The fourth-order valence-corrected chi connectivity index (χ4v) is 5.87. The number of carbonyl (C=O) groups excluding carboxylic acids is 1. The van der Waals surface area contributed by atoms with Crippen LogP contribution in [0.3, 0.4) is 0 Å². The number of hydrogen-bond donors (Lipinski definition) is 1. The summed E-state index contributed by atoms with van der Waals surface area (Å²) in [6.45, 7) is 3.02. The fourth-order valence-electron chi connectivity index (χ4n) is 3.93. The Labute approximate surface area is 211 Å². The van der Waals surface area contributed by atoms with Crippen LogP contribution in [0.2, 0.25) is 0 Å². The molecular formula is C28H25N3O2S2. The van der Waals surface area contributed by atoms with Crippen LogP contribution in [0, 0.1) is 6.92 Å². The predicted molar refractivity (Wildman–Crippen MR) is 145 cm³/mol. The molecular weight excluding hydrogens is 474 g/mol. The Kier molecular flexibility index (Phi) is 6.97. The average Bonchev–Trinajstić information content (AvgIpc) is 3.26. The normalized spacial score (nSPS) is 11.2. The smallest absolute Gasteiger partial charge is 0.272 e. The predicted octanol–water partition coefficient (Wildman–Crippen LogP) is 5.57. The second-order valence-corrected chi connectivity index (χ2v) is 10.4. The van der Waals surface area contributed by atoms with E-state index in [1.807, 2.05) is 73.7 Å². The number of aromatic nitrogens is 2. The Morgan fingerprint density at radius 2 is 1.71 bits per heavy atom. The maximum atomic E-state index is 13.5. The number of aryl methyl sites for hydroxylation is 2. The van der Waals surface area contributed by atoms with Gasteiger partial charge < -0.3 is 5.32 Å². The molecule has 0 fully saturated rings. The molecule has 2 aromatic heterocycles. The topological polar surface area (TPSA) is 64.0 Å². The molecule has 0 spiro atoms. The Bertz CT molecular complexity index is 1540. The molecule has 5 aromatic rings. The molecule has 0 aliphatic heterocycles. The summed E-state index contributed by atoms with van der Waals surface area (Å²) in [5.41, 5.74) is 4.07. The summed E-state index contributed by atoms with van der Waals surface area (Å²) in [7, 11) is 0. The van der Waals surface area contributed by atoms with Gasteiger partial charge in [-0.3, -0.25) is 14.2 Å². The first-order chi connectivity index (χ1) is 17.1. The van der Waals surface area contributed by atoms with Crippen LogP contribution >= 0.6 is 23.1 Å². The van der Waals surface area contributed by atoms with Gasteiger partial charge in [0.1, 0.15) is 4.70 Å². The Hall–Kier alpha value is -3.42. The van der Waals surface area contributed by atoms with E-state index in [1.54, 1.807) is 4.57 Å². The molecule has 35 heavy (non-hydrogen) atoms. The molecule has 1 amide bonds. The second kappa shape index (κ2) is 10.5. The van der Waals surface area contributed by atoms with Crippen LogP contribution in [-0.4, -0.2) is 21.2 Å². The molecule has 7 heteroatoms. The Morgan fingerprint density at radius 3 is 2.51 bits per heavy atom. The number of nitrogens with zero attached hydrogens (tertiary/aromatic N) is 2. The zero-order valence-corrected chi connectivity index (χ0v) is 21.0. The van der Waals surface area contributed by atoms with E-state index in [0.29, 0.717) is 34.9 Å². The number of rotatable bonds is 8. The van der Waals surface area contributed by atoms with E-state index in [9.17, 15) is 9.59 Å². The van der Waals surface area contributed by atoms with E-state index in [1.165, 1.54) is 28.7 Å². The van der Waals surface area contributed by atoms with Crippen molar-refractivity contribution in [2.24, 2.45) is 0 Å².